The average molecular weight is 269 g/mol. The fraction of sp³-hybridized carbons (Fsp3) is 0.300. The average Bonchev–Trinajstić information content (AvgIpc) is 2.66. The van der Waals surface area contributed by atoms with Crippen molar-refractivity contribution in [2.75, 3.05) is 18.6 Å². The summed E-state index contributed by atoms with van der Waals surface area (Å²) in [6.45, 7) is 1.75. The van der Waals surface area contributed by atoms with E-state index in [4.69, 9.17) is 5.11 Å². The lowest BCUT2D eigenvalue weighted by atomic mass is 10.3. The number of rotatable bonds is 3. The maximum absolute atomic E-state index is 11.2. The van der Waals surface area contributed by atoms with Gasteiger partial charge in [-0.05, 0) is 13.2 Å². The van der Waals surface area contributed by atoms with Crippen molar-refractivity contribution in [1.29, 1.82) is 0 Å². The molecule has 0 atom stereocenters. The van der Waals surface area contributed by atoms with Gasteiger partial charge in [0.15, 0.2) is 0 Å². The van der Waals surface area contributed by atoms with Crippen LogP contribution in [0.1, 0.15) is 15.5 Å². The molecule has 2 aromatic heterocycles. The summed E-state index contributed by atoms with van der Waals surface area (Å²) in [5.74, 6) is 0.302. The SMILES string of the molecule is CNc1nc(C)nc2c(C(=O)O)sc(SC)c12. The van der Waals surface area contributed by atoms with Gasteiger partial charge in [-0.2, -0.15) is 0 Å². The summed E-state index contributed by atoms with van der Waals surface area (Å²) >= 11 is 2.75. The molecule has 0 aliphatic carbocycles. The Kier molecular flexibility index (Phi) is 3.21. The quantitative estimate of drug-likeness (QED) is 0.834. The highest BCUT2D eigenvalue weighted by molar-refractivity contribution is 8.00. The van der Waals surface area contributed by atoms with Crippen LogP contribution >= 0.6 is 23.1 Å². The number of hydrogen-bond acceptors (Lipinski definition) is 6. The third-order valence-electron chi connectivity index (χ3n) is 2.25. The predicted molar refractivity (Wildman–Crippen MR) is 70.4 cm³/mol. The van der Waals surface area contributed by atoms with Gasteiger partial charge in [0.1, 0.15) is 22.0 Å². The molecule has 0 unspecified atom stereocenters. The summed E-state index contributed by atoms with van der Waals surface area (Å²) in [7, 11) is 1.77. The van der Waals surface area contributed by atoms with Gasteiger partial charge in [0.2, 0.25) is 0 Å². The molecule has 0 radical (unpaired) electrons. The molecule has 0 aliphatic heterocycles. The summed E-state index contributed by atoms with van der Waals surface area (Å²) in [6.07, 6.45) is 1.91. The Labute approximate surface area is 106 Å². The second-order valence-corrected chi connectivity index (χ2v) is 5.42. The summed E-state index contributed by atoms with van der Waals surface area (Å²) in [5.41, 5.74) is 0.517. The molecule has 0 saturated heterocycles. The molecule has 0 fully saturated rings. The van der Waals surface area contributed by atoms with Gasteiger partial charge in [-0.1, -0.05) is 0 Å². The Morgan fingerprint density at radius 1 is 1.47 bits per heavy atom. The zero-order valence-corrected chi connectivity index (χ0v) is 11.2. The van der Waals surface area contributed by atoms with E-state index in [1.54, 1.807) is 14.0 Å². The zero-order chi connectivity index (χ0) is 12.6. The molecule has 7 heteroatoms. The van der Waals surface area contributed by atoms with Crippen LogP contribution < -0.4 is 5.32 Å². The van der Waals surface area contributed by atoms with Crippen LogP contribution in [0.25, 0.3) is 10.9 Å². The molecule has 2 aromatic rings. The first-order valence-electron chi connectivity index (χ1n) is 4.84. The number of nitrogens with one attached hydrogen (secondary N) is 1. The van der Waals surface area contributed by atoms with Crippen molar-refractivity contribution in [2.45, 2.75) is 11.1 Å². The highest BCUT2D eigenvalue weighted by Gasteiger charge is 2.21. The second kappa shape index (κ2) is 4.50. The minimum absolute atomic E-state index is 0.270. The molecular formula is C10H11N3O2S2. The highest BCUT2D eigenvalue weighted by atomic mass is 32.2. The fourth-order valence-electron chi connectivity index (χ4n) is 1.59. The van der Waals surface area contributed by atoms with Gasteiger partial charge in [-0.25, -0.2) is 14.8 Å². The molecule has 0 amide bonds. The Balaban J connectivity index is 2.89. The largest absolute Gasteiger partial charge is 0.477 e. The molecular weight excluding hydrogens is 258 g/mol. The van der Waals surface area contributed by atoms with Crippen LogP contribution in [0.2, 0.25) is 0 Å². The number of nitrogens with zero attached hydrogens (tertiary/aromatic N) is 2. The van der Waals surface area contributed by atoms with Crippen LogP contribution in [0.3, 0.4) is 0 Å². The van der Waals surface area contributed by atoms with Crippen LogP contribution in [-0.4, -0.2) is 34.3 Å². The highest BCUT2D eigenvalue weighted by Crippen LogP contribution is 2.39. The van der Waals surface area contributed by atoms with Crippen molar-refractivity contribution in [3.8, 4) is 0 Å². The monoisotopic (exact) mass is 269 g/mol. The van der Waals surface area contributed by atoms with Crippen molar-refractivity contribution in [1.82, 2.24) is 9.97 Å². The minimum Gasteiger partial charge on any atom is -0.477 e. The van der Waals surface area contributed by atoms with E-state index in [2.05, 4.69) is 15.3 Å². The Morgan fingerprint density at radius 2 is 2.18 bits per heavy atom. The van der Waals surface area contributed by atoms with Crippen molar-refractivity contribution < 1.29 is 9.90 Å². The maximum atomic E-state index is 11.2. The normalized spacial score (nSPS) is 10.8. The third kappa shape index (κ3) is 1.96. The van der Waals surface area contributed by atoms with Crippen LogP contribution in [-0.2, 0) is 0 Å². The number of carboxylic acids is 1. The van der Waals surface area contributed by atoms with Gasteiger partial charge in [-0.3, -0.25) is 0 Å². The summed E-state index contributed by atoms with van der Waals surface area (Å²) < 4.78 is 0.918. The lowest BCUT2D eigenvalue weighted by Gasteiger charge is -2.04. The third-order valence-corrected chi connectivity index (χ3v) is 4.54. The van der Waals surface area contributed by atoms with E-state index in [1.807, 2.05) is 6.26 Å². The van der Waals surface area contributed by atoms with E-state index in [1.165, 1.54) is 23.1 Å². The molecule has 2 heterocycles. The van der Waals surface area contributed by atoms with E-state index >= 15 is 0 Å². The molecule has 0 saturated carbocycles. The number of fused-ring (bicyclic) bond motifs is 1. The van der Waals surface area contributed by atoms with Crippen LogP contribution in [0, 0.1) is 6.92 Å². The first-order chi connectivity index (χ1) is 8.08. The van der Waals surface area contributed by atoms with Crippen LogP contribution in [0.4, 0.5) is 5.82 Å². The van der Waals surface area contributed by atoms with Crippen LogP contribution in [0.15, 0.2) is 4.21 Å². The van der Waals surface area contributed by atoms with Crippen molar-refractivity contribution >= 4 is 45.8 Å². The summed E-state index contributed by atoms with van der Waals surface area (Å²) in [5, 5.41) is 13.0. The fourth-order valence-corrected chi connectivity index (χ4v) is 3.39. The number of hydrogen-bond donors (Lipinski definition) is 2. The minimum atomic E-state index is -0.944. The van der Waals surface area contributed by atoms with E-state index in [-0.39, 0.29) is 4.88 Å². The summed E-state index contributed by atoms with van der Waals surface area (Å²) in [4.78, 5) is 20.0. The zero-order valence-electron chi connectivity index (χ0n) is 9.57. The van der Waals surface area contributed by atoms with Gasteiger partial charge < -0.3 is 10.4 Å². The Morgan fingerprint density at radius 3 is 2.71 bits per heavy atom. The van der Waals surface area contributed by atoms with E-state index in [0.717, 1.165) is 9.60 Å². The van der Waals surface area contributed by atoms with Gasteiger partial charge in [0.25, 0.3) is 0 Å². The molecule has 5 nitrogen and oxygen atoms in total. The van der Waals surface area contributed by atoms with E-state index in [0.29, 0.717) is 17.2 Å². The number of aryl methyl sites for hydroxylation is 1. The molecule has 17 heavy (non-hydrogen) atoms. The van der Waals surface area contributed by atoms with Crippen molar-refractivity contribution in [2.24, 2.45) is 0 Å². The number of carboxylic acid groups (broad SMARTS) is 1. The van der Waals surface area contributed by atoms with Crippen LogP contribution in [0.5, 0.6) is 0 Å². The number of thioether (sulfide) groups is 1. The van der Waals surface area contributed by atoms with Crippen molar-refractivity contribution in [3.63, 3.8) is 0 Å². The Hall–Kier alpha value is -1.34. The van der Waals surface area contributed by atoms with Crippen molar-refractivity contribution in [3.05, 3.63) is 10.7 Å². The molecule has 0 aromatic carbocycles. The van der Waals surface area contributed by atoms with Gasteiger partial charge in [-0.15, -0.1) is 23.1 Å². The maximum Gasteiger partial charge on any atom is 0.348 e. The van der Waals surface area contributed by atoms with E-state index in [9.17, 15) is 4.79 Å². The molecule has 2 rings (SSSR count). The molecule has 2 N–H and O–H groups in total. The molecule has 0 spiro atoms. The number of aromatic nitrogens is 2. The standard InChI is InChI=1S/C10H11N3O2S2/c1-4-12-6-5(8(11-2)13-4)10(16-3)17-7(6)9(14)15/h1-3H3,(H,14,15)(H,11,12,13). The summed E-state index contributed by atoms with van der Waals surface area (Å²) in [6, 6.07) is 0. The first kappa shape index (κ1) is 12.1. The lowest BCUT2D eigenvalue weighted by molar-refractivity contribution is 0.0704. The molecule has 0 aliphatic rings. The predicted octanol–water partition coefficient (Wildman–Crippen LogP) is 2.46. The molecule has 0 bridgehead atoms. The number of aromatic carboxylic acids is 1. The topological polar surface area (TPSA) is 75.1 Å². The van der Waals surface area contributed by atoms with Gasteiger partial charge in [0.05, 0.1) is 9.60 Å². The number of carbonyl (C=O) groups is 1. The smallest absolute Gasteiger partial charge is 0.348 e. The second-order valence-electron chi connectivity index (χ2n) is 3.32. The van der Waals surface area contributed by atoms with Gasteiger partial charge in [0, 0.05) is 7.05 Å². The number of anilines is 1. The lowest BCUT2D eigenvalue weighted by Crippen LogP contribution is -2.00. The molecule has 90 valence electrons. The first-order valence-corrected chi connectivity index (χ1v) is 6.88. The van der Waals surface area contributed by atoms with E-state index < -0.39 is 5.97 Å². The number of thiophene rings is 1. The Bertz CT molecular complexity index is 595. The van der Waals surface area contributed by atoms with Gasteiger partial charge >= 0.3 is 5.97 Å².